The minimum absolute atomic E-state index is 0.156. The molecule has 1 unspecified atom stereocenters. The van der Waals surface area contributed by atoms with Crippen LogP contribution >= 0.6 is 0 Å². The third-order valence-corrected chi connectivity index (χ3v) is 5.45. The number of hydrogen-bond acceptors (Lipinski definition) is 4. The van der Waals surface area contributed by atoms with Crippen molar-refractivity contribution in [2.45, 2.75) is 38.8 Å². The number of likely N-dealkylation sites (tertiary alicyclic amines) is 1. The Hall–Kier alpha value is -2.21. The van der Waals surface area contributed by atoms with Crippen LogP contribution < -0.4 is 0 Å². The number of nitrogens with zero attached hydrogens (tertiary/aromatic N) is 4. The fourth-order valence-electron chi connectivity index (χ4n) is 3.87. The summed E-state index contributed by atoms with van der Waals surface area (Å²) < 4.78 is 7.66. The Balaban J connectivity index is 1.42. The molecule has 3 heterocycles. The lowest BCUT2D eigenvalue weighted by Gasteiger charge is -2.39. The van der Waals surface area contributed by atoms with E-state index >= 15 is 0 Å². The van der Waals surface area contributed by atoms with Gasteiger partial charge in [-0.3, -0.25) is 4.79 Å². The van der Waals surface area contributed by atoms with Crippen LogP contribution in [0.1, 0.15) is 30.7 Å². The fraction of sp³-hybridized carbons (Fsp3) is 0.526. The van der Waals surface area contributed by atoms with Gasteiger partial charge in [0.15, 0.2) is 5.82 Å². The van der Waals surface area contributed by atoms with E-state index in [9.17, 15) is 4.79 Å². The summed E-state index contributed by atoms with van der Waals surface area (Å²) in [6.45, 7) is 3.72. The zero-order valence-corrected chi connectivity index (χ0v) is 14.4. The van der Waals surface area contributed by atoms with E-state index in [1.165, 1.54) is 5.56 Å². The second kappa shape index (κ2) is 6.96. The molecule has 6 heteroatoms. The third kappa shape index (κ3) is 3.58. The van der Waals surface area contributed by atoms with Gasteiger partial charge in [0.25, 0.3) is 0 Å². The molecule has 2 aliphatic rings. The molecule has 0 bridgehead atoms. The number of carbonyl (C=O) groups excluding carboxylic acids is 1. The molecule has 1 aromatic carbocycles. The van der Waals surface area contributed by atoms with Crippen molar-refractivity contribution in [1.82, 2.24) is 19.7 Å². The van der Waals surface area contributed by atoms with Gasteiger partial charge in [-0.05, 0) is 24.8 Å². The minimum atomic E-state index is 0.156. The van der Waals surface area contributed by atoms with Gasteiger partial charge in [0, 0.05) is 31.5 Å². The van der Waals surface area contributed by atoms with Crippen LogP contribution in [0.5, 0.6) is 0 Å². The highest BCUT2D eigenvalue weighted by atomic mass is 16.5. The van der Waals surface area contributed by atoms with Gasteiger partial charge in [0.2, 0.25) is 5.91 Å². The molecule has 2 saturated heterocycles. The van der Waals surface area contributed by atoms with Gasteiger partial charge in [0.1, 0.15) is 6.33 Å². The predicted octanol–water partition coefficient (Wildman–Crippen LogP) is 2.05. The van der Waals surface area contributed by atoms with Gasteiger partial charge >= 0.3 is 0 Å². The molecule has 25 heavy (non-hydrogen) atoms. The van der Waals surface area contributed by atoms with Crippen molar-refractivity contribution in [2.75, 3.05) is 19.8 Å². The van der Waals surface area contributed by atoms with Crippen LogP contribution in [0.2, 0.25) is 0 Å². The molecule has 1 spiro atoms. The maximum atomic E-state index is 12.4. The number of aromatic nitrogens is 3. The van der Waals surface area contributed by atoms with Crippen LogP contribution in [0.4, 0.5) is 0 Å². The molecule has 4 rings (SSSR count). The van der Waals surface area contributed by atoms with Gasteiger partial charge in [-0.25, -0.2) is 0 Å². The molecule has 2 aromatic rings. The smallest absolute Gasteiger partial charge is 0.223 e. The maximum Gasteiger partial charge on any atom is 0.223 e. The highest BCUT2D eigenvalue weighted by molar-refractivity contribution is 5.77. The molecule has 0 aliphatic carbocycles. The zero-order chi connectivity index (χ0) is 17.1. The van der Waals surface area contributed by atoms with Gasteiger partial charge in [-0.2, -0.15) is 0 Å². The number of benzene rings is 1. The van der Waals surface area contributed by atoms with E-state index in [4.69, 9.17) is 4.74 Å². The van der Waals surface area contributed by atoms with E-state index in [2.05, 4.69) is 39.0 Å². The van der Waals surface area contributed by atoms with Gasteiger partial charge in [-0.1, -0.05) is 30.3 Å². The summed E-state index contributed by atoms with van der Waals surface area (Å²) in [6, 6.07) is 10.4. The van der Waals surface area contributed by atoms with E-state index in [1.807, 2.05) is 11.0 Å². The second-order valence-electron chi connectivity index (χ2n) is 7.23. The van der Waals surface area contributed by atoms with E-state index in [1.54, 1.807) is 6.33 Å². The number of amides is 1. The lowest BCUT2D eigenvalue weighted by molar-refractivity contribution is -0.138. The standard InChI is InChI=1S/C19H24N4O2/c24-18-6-8-19(9-11-25-14-19)13-23(18)12-17-21-20-15-22(17)10-7-16-4-2-1-3-5-16/h1-5,15H,6-14H2. The summed E-state index contributed by atoms with van der Waals surface area (Å²) in [7, 11) is 0. The van der Waals surface area contributed by atoms with E-state index in [0.29, 0.717) is 13.0 Å². The lowest BCUT2D eigenvalue weighted by atomic mass is 9.79. The van der Waals surface area contributed by atoms with Gasteiger partial charge < -0.3 is 14.2 Å². The summed E-state index contributed by atoms with van der Waals surface area (Å²) in [5, 5.41) is 8.32. The number of piperidine rings is 1. The molecular formula is C19H24N4O2. The van der Waals surface area contributed by atoms with Crippen molar-refractivity contribution in [3.8, 4) is 0 Å². The summed E-state index contributed by atoms with van der Waals surface area (Å²) >= 11 is 0. The first kappa shape index (κ1) is 16.3. The molecule has 1 amide bonds. The molecular weight excluding hydrogens is 316 g/mol. The highest BCUT2D eigenvalue weighted by Crippen LogP contribution is 2.38. The summed E-state index contributed by atoms with van der Waals surface area (Å²) in [6.07, 6.45) is 5.31. The average molecular weight is 340 g/mol. The van der Waals surface area contributed by atoms with Crippen molar-refractivity contribution < 1.29 is 9.53 Å². The first-order valence-corrected chi connectivity index (χ1v) is 9.00. The molecule has 2 fully saturated rings. The van der Waals surface area contributed by atoms with Crippen molar-refractivity contribution in [3.05, 3.63) is 48.0 Å². The van der Waals surface area contributed by atoms with E-state index in [0.717, 1.165) is 51.4 Å². The Morgan fingerprint density at radius 2 is 2.08 bits per heavy atom. The van der Waals surface area contributed by atoms with Crippen molar-refractivity contribution in [1.29, 1.82) is 0 Å². The molecule has 6 nitrogen and oxygen atoms in total. The van der Waals surface area contributed by atoms with E-state index in [-0.39, 0.29) is 11.3 Å². The molecule has 0 radical (unpaired) electrons. The zero-order valence-electron chi connectivity index (χ0n) is 14.4. The highest BCUT2D eigenvalue weighted by Gasteiger charge is 2.41. The van der Waals surface area contributed by atoms with Crippen LogP contribution in [0, 0.1) is 5.41 Å². The topological polar surface area (TPSA) is 60.2 Å². The summed E-state index contributed by atoms with van der Waals surface area (Å²) in [4.78, 5) is 14.3. The van der Waals surface area contributed by atoms with Crippen LogP contribution in [0.15, 0.2) is 36.7 Å². The monoisotopic (exact) mass is 340 g/mol. The first-order chi connectivity index (χ1) is 12.2. The number of carbonyl (C=O) groups is 1. The SMILES string of the molecule is O=C1CCC2(CCOC2)CN1Cc1nncn1CCc1ccccc1. The number of hydrogen-bond donors (Lipinski definition) is 0. The van der Waals surface area contributed by atoms with E-state index < -0.39 is 0 Å². The molecule has 2 aliphatic heterocycles. The number of rotatable bonds is 5. The maximum absolute atomic E-state index is 12.4. The lowest BCUT2D eigenvalue weighted by Crippen LogP contribution is -2.46. The average Bonchev–Trinajstić information content (AvgIpc) is 3.27. The second-order valence-corrected chi connectivity index (χ2v) is 7.23. The largest absolute Gasteiger partial charge is 0.381 e. The predicted molar refractivity (Wildman–Crippen MR) is 92.7 cm³/mol. The first-order valence-electron chi connectivity index (χ1n) is 9.00. The Morgan fingerprint density at radius 3 is 2.88 bits per heavy atom. The minimum Gasteiger partial charge on any atom is -0.381 e. The van der Waals surface area contributed by atoms with Crippen LogP contribution in [-0.2, 0) is 29.0 Å². The third-order valence-electron chi connectivity index (χ3n) is 5.45. The molecule has 132 valence electrons. The van der Waals surface area contributed by atoms with Crippen molar-refractivity contribution in [3.63, 3.8) is 0 Å². The summed E-state index contributed by atoms with van der Waals surface area (Å²) in [5.41, 5.74) is 1.45. The Morgan fingerprint density at radius 1 is 1.20 bits per heavy atom. The van der Waals surface area contributed by atoms with Crippen molar-refractivity contribution >= 4 is 5.91 Å². The molecule has 0 N–H and O–H groups in total. The van der Waals surface area contributed by atoms with Gasteiger partial charge in [-0.15, -0.1) is 10.2 Å². The van der Waals surface area contributed by atoms with Crippen molar-refractivity contribution in [2.24, 2.45) is 5.41 Å². The number of aryl methyl sites for hydroxylation is 2. The van der Waals surface area contributed by atoms with Crippen LogP contribution in [-0.4, -0.2) is 45.3 Å². The molecule has 1 atom stereocenters. The Bertz CT molecular complexity index is 722. The van der Waals surface area contributed by atoms with Crippen LogP contribution in [0.25, 0.3) is 0 Å². The van der Waals surface area contributed by atoms with Gasteiger partial charge in [0.05, 0.1) is 13.2 Å². The molecule has 1 aromatic heterocycles. The normalized spacial score (nSPS) is 23.5. The quantitative estimate of drug-likeness (QED) is 0.836. The summed E-state index contributed by atoms with van der Waals surface area (Å²) in [5.74, 6) is 1.08. The number of ether oxygens (including phenoxy) is 1. The molecule has 0 saturated carbocycles. The fourth-order valence-corrected chi connectivity index (χ4v) is 3.87. The Labute approximate surface area is 147 Å². The van der Waals surface area contributed by atoms with Crippen LogP contribution in [0.3, 0.4) is 0 Å². The Kier molecular flexibility index (Phi) is 4.53.